The van der Waals surface area contributed by atoms with Crippen LogP contribution in [0.15, 0.2) is 6.20 Å². The van der Waals surface area contributed by atoms with Gasteiger partial charge in [-0.3, -0.25) is 0 Å². The topological polar surface area (TPSA) is 58.9 Å². The molecule has 1 aromatic rings. The summed E-state index contributed by atoms with van der Waals surface area (Å²) in [4.78, 5) is 4.35. The van der Waals surface area contributed by atoms with E-state index in [4.69, 9.17) is 5.11 Å². The molecule has 0 saturated heterocycles. The van der Waals surface area contributed by atoms with Gasteiger partial charge in [0.1, 0.15) is 0 Å². The van der Waals surface area contributed by atoms with Gasteiger partial charge >= 0.3 is 0 Å². The highest BCUT2D eigenvalue weighted by Crippen LogP contribution is 2.34. The summed E-state index contributed by atoms with van der Waals surface area (Å²) in [6.45, 7) is 0.0931. The van der Waals surface area contributed by atoms with Crippen LogP contribution in [0.4, 0.5) is 0 Å². The maximum absolute atomic E-state index is 8.71. The smallest absolute Gasteiger partial charge is 0.153 e. The number of aliphatic hydroxyl groups excluding tert-OH is 1. The molecular formula is C9H13N3O. The third-order valence-corrected chi connectivity index (χ3v) is 2.48. The van der Waals surface area contributed by atoms with Crippen molar-refractivity contribution in [2.75, 3.05) is 6.61 Å². The summed E-state index contributed by atoms with van der Waals surface area (Å²) >= 11 is 0. The molecule has 0 aliphatic heterocycles. The van der Waals surface area contributed by atoms with Crippen LogP contribution in [-0.4, -0.2) is 26.9 Å². The van der Waals surface area contributed by atoms with Gasteiger partial charge in [-0.15, -0.1) is 5.10 Å². The van der Waals surface area contributed by atoms with Crippen molar-refractivity contribution in [3.63, 3.8) is 0 Å². The highest BCUT2D eigenvalue weighted by molar-refractivity contribution is 5.07. The van der Waals surface area contributed by atoms with E-state index >= 15 is 0 Å². The molecule has 1 heterocycles. The fraction of sp³-hybridized carbons (Fsp3) is 0.667. The first-order chi connectivity index (χ1) is 6.40. The molecule has 0 spiro atoms. The molecule has 1 aliphatic rings. The summed E-state index contributed by atoms with van der Waals surface area (Å²) in [5.74, 6) is 1.25. The zero-order valence-electron chi connectivity index (χ0n) is 7.48. The second-order valence-corrected chi connectivity index (χ2v) is 3.40. The first-order valence-corrected chi connectivity index (χ1v) is 4.69. The van der Waals surface area contributed by atoms with Gasteiger partial charge in [-0.25, -0.2) is 4.98 Å². The Balaban J connectivity index is 2.11. The standard InChI is InChI=1S/C9H13N3O/c13-5-4-9-11-8(6-10-12-9)7-2-1-3-7/h6-7,13H,1-5H2. The molecule has 1 aromatic heterocycles. The molecule has 1 aliphatic carbocycles. The van der Waals surface area contributed by atoms with Gasteiger partial charge in [0.05, 0.1) is 18.5 Å². The minimum absolute atomic E-state index is 0.0931. The summed E-state index contributed by atoms with van der Waals surface area (Å²) in [7, 11) is 0. The van der Waals surface area contributed by atoms with Crippen molar-refractivity contribution in [2.24, 2.45) is 0 Å². The van der Waals surface area contributed by atoms with E-state index in [1.807, 2.05) is 0 Å². The third-order valence-electron chi connectivity index (χ3n) is 2.48. The van der Waals surface area contributed by atoms with Gasteiger partial charge in [0.2, 0.25) is 0 Å². The molecule has 70 valence electrons. The molecule has 1 fully saturated rings. The van der Waals surface area contributed by atoms with Crippen LogP contribution < -0.4 is 0 Å². The van der Waals surface area contributed by atoms with Crippen LogP contribution in [0, 0.1) is 0 Å². The summed E-state index contributed by atoms with van der Waals surface area (Å²) in [6.07, 6.45) is 5.98. The minimum Gasteiger partial charge on any atom is -0.396 e. The molecule has 13 heavy (non-hydrogen) atoms. The van der Waals surface area contributed by atoms with Crippen molar-refractivity contribution in [2.45, 2.75) is 31.6 Å². The maximum Gasteiger partial charge on any atom is 0.153 e. The molecule has 2 rings (SSSR count). The van der Waals surface area contributed by atoms with Crippen molar-refractivity contribution in [3.05, 3.63) is 17.7 Å². The average Bonchev–Trinajstić information content (AvgIpc) is 2.02. The molecule has 0 amide bonds. The van der Waals surface area contributed by atoms with Crippen LogP contribution in [0.2, 0.25) is 0 Å². The fourth-order valence-corrected chi connectivity index (χ4v) is 1.46. The average molecular weight is 179 g/mol. The Morgan fingerprint density at radius 1 is 1.46 bits per heavy atom. The quantitative estimate of drug-likeness (QED) is 0.741. The van der Waals surface area contributed by atoms with E-state index in [0.29, 0.717) is 18.2 Å². The molecule has 0 unspecified atom stereocenters. The largest absolute Gasteiger partial charge is 0.396 e. The molecule has 0 aromatic carbocycles. The van der Waals surface area contributed by atoms with Crippen molar-refractivity contribution < 1.29 is 5.11 Å². The second kappa shape index (κ2) is 3.79. The molecule has 0 bridgehead atoms. The summed E-state index contributed by atoms with van der Waals surface area (Å²) in [6, 6.07) is 0. The normalized spacial score (nSPS) is 17.0. The summed E-state index contributed by atoms with van der Waals surface area (Å²) < 4.78 is 0. The molecule has 4 nitrogen and oxygen atoms in total. The first kappa shape index (κ1) is 8.56. The monoisotopic (exact) mass is 179 g/mol. The maximum atomic E-state index is 8.71. The predicted octanol–water partition coefficient (Wildman–Crippen LogP) is 0.674. The fourth-order valence-electron chi connectivity index (χ4n) is 1.46. The Morgan fingerprint density at radius 3 is 2.92 bits per heavy atom. The Kier molecular flexibility index (Phi) is 2.49. The van der Waals surface area contributed by atoms with Gasteiger partial charge in [0.25, 0.3) is 0 Å². The number of aromatic nitrogens is 3. The molecule has 4 heteroatoms. The van der Waals surface area contributed by atoms with Crippen LogP contribution in [0.3, 0.4) is 0 Å². The SMILES string of the molecule is OCCc1nncc(C2CCC2)n1. The first-order valence-electron chi connectivity index (χ1n) is 4.69. The lowest BCUT2D eigenvalue weighted by atomic mass is 9.83. The Morgan fingerprint density at radius 2 is 2.31 bits per heavy atom. The van der Waals surface area contributed by atoms with Crippen molar-refractivity contribution >= 4 is 0 Å². The highest BCUT2D eigenvalue weighted by atomic mass is 16.3. The van der Waals surface area contributed by atoms with E-state index < -0.39 is 0 Å². The van der Waals surface area contributed by atoms with Gasteiger partial charge < -0.3 is 5.11 Å². The van der Waals surface area contributed by atoms with Crippen LogP contribution >= 0.6 is 0 Å². The van der Waals surface area contributed by atoms with Gasteiger partial charge in [-0.2, -0.15) is 5.10 Å². The van der Waals surface area contributed by atoms with Crippen LogP contribution in [0.1, 0.15) is 36.7 Å². The van der Waals surface area contributed by atoms with E-state index in [1.54, 1.807) is 6.20 Å². The third kappa shape index (κ3) is 1.83. The van der Waals surface area contributed by atoms with Gasteiger partial charge in [0, 0.05) is 12.3 Å². The second-order valence-electron chi connectivity index (χ2n) is 3.40. The van der Waals surface area contributed by atoms with Gasteiger partial charge in [0.15, 0.2) is 5.82 Å². The Labute approximate surface area is 77.0 Å². The number of nitrogens with zero attached hydrogens (tertiary/aromatic N) is 3. The lowest BCUT2D eigenvalue weighted by Crippen LogP contribution is -2.13. The van der Waals surface area contributed by atoms with E-state index in [9.17, 15) is 0 Å². The number of hydrogen-bond donors (Lipinski definition) is 1. The Bertz CT molecular complexity index is 286. The molecular weight excluding hydrogens is 166 g/mol. The zero-order valence-corrected chi connectivity index (χ0v) is 7.48. The van der Waals surface area contributed by atoms with Gasteiger partial charge in [-0.1, -0.05) is 6.42 Å². The lowest BCUT2D eigenvalue weighted by molar-refractivity contribution is 0.295. The van der Waals surface area contributed by atoms with Crippen molar-refractivity contribution in [3.8, 4) is 0 Å². The van der Waals surface area contributed by atoms with Crippen molar-refractivity contribution in [1.82, 2.24) is 15.2 Å². The van der Waals surface area contributed by atoms with E-state index in [1.165, 1.54) is 19.3 Å². The van der Waals surface area contributed by atoms with Crippen LogP contribution in [-0.2, 0) is 6.42 Å². The van der Waals surface area contributed by atoms with E-state index in [0.717, 1.165) is 5.69 Å². The highest BCUT2D eigenvalue weighted by Gasteiger charge is 2.21. The lowest BCUT2D eigenvalue weighted by Gasteiger charge is -2.24. The van der Waals surface area contributed by atoms with Crippen LogP contribution in [0.25, 0.3) is 0 Å². The summed E-state index contributed by atoms with van der Waals surface area (Å²) in [5, 5.41) is 16.4. The van der Waals surface area contributed by atoms with E-state index in [2.05, 4.69) is 15.2 Å². The molecule has 0 radical (unpaired) electrons. The van der Waals surface area contributed by atoms with Crippen LogP contribution in [0.5, 0.6) is 0 Å². The predicted molar refractivity (Wildman–Crippen MR) is 47.2 cm³/mol. The zero-order chi connectivity index (χ0) is 9.10. The minimum atomic E-state index is 0.0931. The van der Waals surface area contributed by atoms with E-state index in [-0.39, 0.29) is 6.61 Å². The number of hydrogen-bond acceptors (Lipinski definition) is 4. The Hall–Kier alpha value is -1.03. The molecule has 0 atom stereocenters. The summed E-state index contributed by atoms with van der Waals surface area (Å²) in [5.41, 5.74) is 1.05. The van der Waals surface area contributed by atoms with Gasteiger partial charge in [-0.05, 0) is 12.8 Å². The number of rotatable bonds is 3. The molecule has 1 saturated carbocycles. The molecule has 1 N–H and O–H groups in total. The number of aliphatic hydroxyl groups is 1. The van der Waals surface area contributed by atoms with Crippen molar-refractivity contribution in [1.29, 1.82) is 0 Å².